The lowest BCUT2D eigenvalue weighted by Crippen LogP contribution is -2.45. The predicted octanol–water partition coefficient (Wildman–Crippen LogP) is 2.32. The molecule has 0 aliphatic carbocycles. The van der Waals surface area contributed by atoms with Crippen molar-refractivity contribution in [2.75, 3.05) is 6.54 Å². The molecule has 0 spiro atoms. The lowest BCUT2D eigenvalue weighted by Gasteiger charge is -2.26. The third kappa shape index (κ3) is 4.58. The normalized spacial score (nSPS) is 14.9. The highest BCUT2D eigenvalue weighted by Crippen LogP contribution is 2.21. The van der Waals surface area contributed by atoms with Crippen molar-refractivity contribution in [1.82, 2.24) is 20.4 Å². The molecule has 0 saturated carbocycles. The summed E-state index contributed by atoms with van der Waals surface area (Å²) >= 11 is 0. The highest BCUT2D eigenvalue weighted by atomic mass is 16.3. The average Bonchev–Trinajstić information content (AvgIpc) is 2.99. The Bertz CT molecular complexity index is 665. The summed E-state index contributed by atoms with van der Waals surface area (Å²) in [7, 11) is 1.78. The summed E-state index contributed by atoms with van der Waals surface area (Å²) in [5, 5.41) is 20.3. The average molecular weight is 330 g/mol. The second-order valence-electron chi connectivity index (χ2n) is 6.64. The lowest BCUT2D eigenvalue weighted by atomic mass is 9.96. The molecule has 6 heteroatoms. The van der Waals surface area contributed by atoms with E-state index in [1.54, 1.807) is 31.0 Å². The molecule has 0 radical (unpaired) electrons. The van der Waals surface area contributed by atoms with E-state index in [1.807, 2.05) is 30.3 Å². The topological polar surface area (TPSA) is 79.2 Å². The van der Waals surface area contributed by atoms with Crippen molar-refractivity contribution in [2.45, 2.75) is 32.4 Å². The summed E-state index contributed by atoms with van der Waals surface area (Å²) in [5.74, 6) is 0.247. The first-order valence-electron chi connectivity index (χ1n) is 8.10. The van der Waals surface area contributed by atoms with Gasteiger partial charge in [-0.25, -0.2) is 4.79 Å². The molecule has 0 aliphatic heterocycles. The van der Waals surface area contributed by atoms with Gasteiger partial charge < -0.3 is 15.7 Å². The van der Waals surface area contributed by atoms with E-state index in [1.165, 1.54) is 0 Å². The highest BCUT2D eigenvalue weighted by molar-refractivity contribution is 5.74. The summed E-state index contributed by atoms with van der Waals surface area (Å²) in [4.78, 5) is 12.3. The van der Waals surface area contributed by atoms with Crippen LogP contribution in [0.5, 0.6) is 0 Å². The number of aromatic nitrogens is 2. The van der Waals surface area contributed by atoms with E-state index in [2.05, 4.69) is 29.6 Å². The number of amides is 2. The van der Waals surface area contributed by atoms with Crippen LogP contribution in [0.15, 0.2) is 42.7 Å². The second-order valence-corrected chi connectivity index (χ2v) is 6.64. The number of urea groups is 1. The number of carbonyl (C=O) groups is 1. The van der Waals surface area contributed by atoms with Crippen molar-refractivity contribution in [1.29, 1.82) is 0 Å². The third-order valence-electron chi connectivity index (χ3n) is 4.03. The number of benzene rings is 1. The Kier molecular flexibility index (Phi) is 5.62. The van der Waals surface area contributed by atoms with E-state index in [0.29, 0.717) is 5.56 Å². The fraction of sp³-hybridized carbons (Fsp3) is 0.444. The molecule has 2 rings (SSSR count). The Morgan fingerprint density at radius 2 is 2.00 bits per heavy atom. The van der Waals surface area contributed by atoms with Crippen LogP contribution in [0.4, 0.5) is 4.79 Å². The molecule has 0 aliphatic rings. The summed E-state index contributed by atoms with van der Waals surface area (Å²) in [5.41, 5.74) is 0.543. The lowest BCUT2D eigenvalue weighted by molar-refractivity contribution is 0.0591. The Hall–Kier alpha value is -2.34. The molecule has 0 bridgehead atoms. The minimum Gasteiger partial charge on any atom is -0.383 e. The highest BCUT2D eigenvalue weighted by Gasteiger charge is 2.26. The van der Waals surface area contributed by atoms with E-state index in [0.717, 1.165) is 5.56 Å². The smallest absolute Gasteiger partial charge is 0.315 e. The maximum Gasteiger partial charge on any atom is 0.315 e. The van der Waals surface area contributed by atoms with Gasteiger partial charge >= 0.3 is 6.03 Å². The van der Waals surface area contributed by atoms with Crippen molar-refractivity contribution in [2.24, 2.45) is 13.0 Å². The number of nitrogens with zero attached hydrogens (tertiary/aromatic N) is 2. The Morgan fingerprint density at radius 1 is 1.33 bits per heavy atom. The van der Waals surface area contributed by atoms with Crippen LogP contribution >= 0.6 is 0 Å². The van der Waals surface area contributed by atoms with Gasteiger partial charge in [-0.15, -0.1) is 0 Å². The molecule has 130 valence electrons. The number of nitrogens with one attached hydrogen (secondary N) is 2. The molecule has 2 unspecified atom stereocenters. The zero-order chi connectivity index (χ0) is 17.7. The minimum absolute atomic E-state index is 0.0884. The number of carbonyl (C=O) groups excluding carboxylic acids is 1. The summed E-state index contributed by atoms with van der Waals surface area (Å²) in [6.07, 6.45) is 3.33. The number of rotatable bonds is 6. The van der Waals surface area contributed by atoms with Crippen LogP contribution in [0, 0.1) is 5.92 Å². The fourth-order valence-electron chi connectivity index (χ4n) is 2.54. The van der Waals surface area contributed by atoms with Gasteiger partial charge in [-0.3, -0.25) is 4.68 Å². The van der Waals surface area contributed by atoms with Crippen LogP contribution in [-0.2, 0) is 12.6 Å². The summed E-state index contributed by atoms with van der Waals surface area (Å²) in [6, 6.07) is 9.46. The number of hydrogen-bond donors (Lipinski definition) is 3. The van der Waals surface area contributed by atoms with Crippen molar-refractivity contribution in [3.8, 4) is 0 Å². The number of aryl methyl sites for hydroxylation is 1. The van der Waals surface area contributed by atoms with Crippen LogP contribution < -0.4 is 10.6 Å². The maximum absolute atomic E-state index is 12.3. The van der Waals surface area contributed by atoms with Crippen LogP contribution in [0.1, 0.15) is 37.9 Å². The van der Waals surface area contributed by atoms with Crippen LogP contribution in [-0.4, -0.2) is 27.5 Å². The van der Waals surface area contributed by atoms with Gasteiger partial charge in [-0.1, -0.05) is 44.2 Å². The van der Waals surface area contributed by atoms with Gasteiger partial charge in [0.25, 0.3) is 0 Å². The fourth-order valence-corrected chi connectivity index (χ4v) is 2.54. The zero-order valence-corrected chi connectivity index (χ0v) is 14.7. The Labute approximate surface area is 142 Å². The van der Waals surface area contributed by atoms with E-state index in [-0.39, 0.29) is 24.5 Å². The van der Waals surface area contributed by atoms with Crippen LogP contribution in [0.3, 0.4) is 0 Å². The molecule has 24 heavy (non-hydrogen) atoms. The molecule has 1 heterocycles. The van der Waals surface area contributed by atoms with Crippen molar-refractivity contribution in [3.63, 3.8) is 0 Å². The first-order chi connectivity index (χ1) is 11.3. The molecule has 2 atom stereocenters. The largest absolute Gasteiger partial charge is 0.383 e. The van der Waals surface area contributed by atoms with Crippen molar-refractivity contribution >= 4 is 6.03 Å². The standard InChI is InChI=1S/C18H26N4O2/c1-13(2)16(14-8-6-5-7-9-14)21-17(23)19-12-18(3,24)15-10-20-22(4)11-15/h5-11,13,16,24H,12H2,1-4H3,(H2,19,21,23). The van der Waals surface area contributed by atoms with Gasteiger partial charge in [0.15, 0.2) is 0 Å². The first-order valence-corrected chi connectivity index (χ1v) is 8.10. The molecule has 0 fully saturated rings. The van der Waals surface area contributed by atoms with Crippen LogP contribution in [0.2, 0.25) is 0 Å². The molecule has 3 N–H and O–H groups in total. The first kappa shape index (κ1) is 18.0. The Balaban J connectivity index is 1.96. The summed E-state index contributed by atoms with van der Waals surface area (Å²) in [6.45, 7) is 5.87. The summed E-state index contributed by atoms with van der Waals surface area (Å²) < 4.78 is 1.62. The van der Waals surface area contributed by atoms with Gasteiger partial charge in [0.05, 0.1) is 18.8 Å². The molecule has 6 nitrogen and oxygen atoms in total. The Morgan fingerprint density at radius 3 is 2.54 bits per heavy atom. The number of aliphatic hydroxyl groups is 1. The molecule has 0 saturated heterocycles. The van der Waals surface area contributed by atoms with E-state index in [4.69, 9.17) is 0 Å². The SMILES string of the molecule is CC(C)C(NC(=O)NCC(C)(O)c1cnn(C)c1)c1ccccc1. The maximum atomic E-state index is 12.3. The van der Waals surface area contributed by atoms with Crippen LogP contribution in [0.25, 0.3) is 0 Å². The van der Waals surface area contributed by atoms with E-state index < -0.39 is 5.60 Å². The van der Waals surface area contributed by atoms with Gasteiger partial charge in [-0.05, 0) is 18.4 Å². The van der Waals surface area contributed by atoms with E-state index >= 15 is 0 Å². The molecule has 1 aromatic carbocycles. The van der Waals surface area contributed by atoms with Gasteiger partial charge in [0.1, 0.15) is 5.60 Å². The van der Waals surface area contributed by atoms with Gasteiger partial charge in [0.2, 0.25) is 0 Å². The molecule has 1 aromatic heterocycles. The van der Waals surface area contributed by atoms with Gasteiger partial charge in [0, 0.05) is 18.8 Å². The van der Waals surface area contributed by atoms with Gasteiger partial charge in [-0.2, -0.15) is 5.10 Å². The van der Waals surface area contributed by atoms with Crippen molar-refractivity contribution < 1.29 is 9.90 Å². The zero-order valence-electron chi connectivity index (χ0n) is 14.7. The minimum atomic E-state index is -1.17. The molecule has 2 amide bonds. The second kappa shape index (κ2) is 7.49. The number of hydrogen-bond acceptors (Lipinski definition) is 3. The predicted molar refractivity (Wildman–Crippen MR) is 93.3 cm³/mol. The van der Waals surface area contributed by atoms with Crippen molar-refractivity contribution in [3.05, 3.63) is 53.9 Å². The molecule has 2 aromatic rings. The molecular formula is C18H26N4O2. The quantitative estimate of drug-likeness (QED) is 0.760. The monoisotopic (exact) mass is 330 g/mol. The molecular weight excluding hydrogens is 304 g/mol. The third-order valence-corrected chi connectivity index (χ3v) is 4.03. The van der Waals surface area contributed by atoms with E-state index in [9.17, 15) is 9.90 Å².